The van der Waals surface area contributed by atoms with Gasteiger partial charge in [-0.05, 0) is 19.3 Å². The lowest BCUT2D eigenvalue weighted by molar-refractivity contribution is 0.575. The van der Waals surface area contributed by atoms with E-state index >= 15 is 0 Å². The van der Waals surface area contributed by atoms with Gasteiger partial charge < -0.3 is 4.90 Å². The molecule has 0 unspecified atom stereocenters. The van der Waals surface area contributed by atoms with Crippen LogP contribution in [0.3, 0.4) is 0 Å². The lowest BCUT2D eigenvalue weighted by Crippen LogP contribution is -2.29. The molecule has 0 atom stereocenters. The Morgan fingerprint density at radius 3 is 2.60 bits per heavy atom. The van der Waals surface area contributed by atoms with E-state index in [0.717, 1.165) is 22.6 Å². The molecular weight excluding hydrogens is 226 g/mol. The van der Waals surface area contributed by atoms with E-state index in [1.807, 2.05) is 0 Å². The second-order valence-corrected chi connectivity index (χ2v) is 6.84. The fraction of sp³-hybridized carbons (Fsp3) is 0.800. The molecule has 0 N–H and O–H groups in total. The molecule has 2 rings (SSSR count). The van der Waals surface area contributed by atoms with E-state index in [1.54, 1.807) is 23.1 Å². The summed E-state index contributed by atoms with van der Waals surface area (Å²) in [5.74, 6) is 0. The Labute approximate surface area is 99.3 Å². The molecule has 0 bridgehead atoms. The van der Waals surface area contributed by atoms with Gasteiger partial charge in [0.15, 0.2) is 4.34 Å². The summed E-state index contributed by atoms with van der Waals surface area (Å²) in [5, 5.41) is 10.2. The highest BCUT2D eigenvalue weighted by molar-refractivity contribution is 8.01. The summed E-state index contributed by atoms with van der Waals surface area (Å²) < 4.78 is 1.10. The second-order valence-electron chi connectivity index (χ2n) is 4.06. The van der Waals surface area contributed by atoms with E-state index in [-0.39, 0.29) is 0 Å². The summed E-state index contributed by atoms with van der Waals surface area (Å²) in [4.78, 5) is 2.37. The molecule has 3 nitrogen and oxygen atoms in total. The van der Waals surface area contributed by atoms with Crippen LogP contribution in [-0.2, 0) is 0 Å². The maximum Gasteiger partial charge on any atom is 0.209 e. The van der Waals surface area contributed by atoms with E-state index in [9.17, 15) is 0 Å². The van der Waals surface area contributed by atoms with Crippen molar-refractivity contribution in [2.24, 2.45) is 0 Å². The Morgan fingerprint density at radius 1 is 1.20 bits per heavy atom. The first-order chi connectivity index (χ1) is 7.25. The van der Waals surface area contributed by atoms with Crippen molar-refractivity contribution in [3.05, 3.63) is 0 Å². The van der Waals surface area contributed by atoms with Crippen LogP contribution in [0.15, 0.2) is 4.34 Å². The molecule has 1 saturated heterocycles. The van der Waals surface area contributed by atoms with Gasteiger partial charge in [0.05, 0.1) is 0 Å². The number of aromatic nitrogens is 2. The highest BCUT2D eigenvalue weighted by atomic mass is 32.2. The van der Waals surface area contributed by atoms with Crippen LogP contribution in [0.5, 0.6) is 0 Å². The van der Waals surface area contributed by atoms with Crippen molar-refractivity contribution >= 4 is 28.2 Å². The van der Waals surface area contributed by atoms with Crippen LogP contribution in [-0.4, -0.2) is 28.5 Å². The van der Waals surface area contributed by atoms with Gasteiger partial charge in [0, 0.05) is 18.3 Å². The van der Waals surface area contributed by atoms with Gasteiger partial charge in [0.25, 0.3) is 0 Å². The van der Waals surface area contributed by atoms with Crippen molar-refractivity contribution in [2.75, 3.05) is 18.0 Å². The number of piperidine rings is 1. The molecule has 1 aliphatic rings. The molecule has 0 amide bonds. The highest BCUT2D eigenvalue weighted by Crippen LogP contribution is 2.31. The molecule has 1 fully saturated rings. The molecule has 0 spiro atoms. The van der Waals surface area contributed by atoms with Gasteiger partial charge in [-0.3, -0.25) is 0 Å². The predicted molar refractivity (Wildman–Crippen MR) is 67.0 cm³/mol. The molecule has 0 saturated carbocycles. The smallest absolute Gasteiger partial charge is 0.209 e. The first-order valence-electron chi connectivity index (χ1n) is 5.51. The molecule has 0 aromatic carbocycles. The van der Waals surface area contributed by atoms with Crippen LogP contribution in [0.4, 0.5) is 5.13 Å². The Morgan fingerprint density at radius 2 is 1.93 bits per heavy atom. The first kappa shape index (κ1) is 11.2. The average Bonchev–Trinajstić information content (AvgIpc) is 2.67. The SMILES string of the molecule is CC(C)Sc1nnc(N2CCCCC2)s1. The fourth-order valence-electron chi connectivity index (χ4n) is 1.66. The monoisotopic (exact) mass is 243 g/mol. The van der Waals surface area contributed by atoms with Crippen LogP contribution in [0.1, 0.15) is 33.1 Å². The molecule has 0 radical (unpaired) electrons. The highest BCUT2D eigenvalue weighted by Gasteiger charge is 2.15. The van der Waals surface area contributed by atoms with Gasteiger partial charge in [0.1, 0.15) is 0 Å². The molecule has 5 heteroatoms. The van der Waals surface area contributed by atoms with Gasteiger partial charge in [-0.1, -0.05) is 36.9 Å². The van der Waals surface area contributed by atoms with Crippen LogP contribution < -0.4 is 4.90 Å². The zero-order valence-electron chi connectivity index (χ0n) is 9.27. The molecule has 1 aromatic heterocycles. The van der Waals surface area contributed by atoms with Crippen LogP contribution >= 0.6 is 23.1 Å². The lowest BCUT2D eigenvalue weighted by atomic mass is 10.1. The molecule has 1 aromatic rings. The number of anilines is 1. The summed E-state index contributed by atoms with van der Waals surface area (Å²) in [7, 11) is 0. The normalized spacial score (nSPS) is 17.4. The molecular formula is C10H17N3S2. The number of hydrogen-bond donors (Lipinski definition) is 0. The topological polar surface area (TPSA) is 29.0 Å². The summed E-state index contributed by atoms with van der Waals surface area (Å²) in [6.45, 7) is 6.68. The number of hydrogen-bond acceptors (Lipinski definition) is 5. The molecule has 1 aliphatic heterocycles. The number of rotatable bonds is 3. The zero-order chi connectivity index (χ0) is 10.7. The largest absolute Gasteiger partial charge is 0.347 e. The quantitative estimate of drug-likeness (QED) is 0.763. The van der Waals surface area contributed by atoms with E-state index in [1.165, 1.54) is 19.3 Å². The summed E-state index contributed by atoms with van der Waals surface area (Å²) in [5.41, 5.74) is 0. The third-order valence-corrected chi connectivity index (χ3v) is 4.43. The second kappa shape index (κ2) is 5.16. The van der Waals surface area contributed by atoms with Crippen molar-refractivity contribution in [1.29, 1.82) is 0 Å². The minimum atomic E-state index is 0.590. The maximum absolute atomic E-state index is 4.27. The Kier molecular flexibility index (Phi) is 3.86. The molecule has 84 valence electrons. The lowest BCUT2D eigenvalue weighted by Gasteiger charge is -2.25. The fourth-order valence-corrected chi connectivity index (χ4v) is 3.78. The summed E-state index contributed by atoms with van der Waals surface area (Å²) in [6, 6.07) is 0. The van der Waals surface area contributed by atoms with Crippen molar-refractivity contribution in [3.8, 4) is 0 Å². The third-order valence-electron chi connectivity index (χ3n) is 2.36. The number of thioether (sulfide) groups is 1. The van der Waals surface area contributed by atoms with Gasteiger partial charge in [0.2, 0.25) is 5.13 Å². The van der Waals surface area contributed by atoms with Crippen LogP contribution in [0.25, 0.3) is 0 Å². The van der Waals surface area contributed by atoms with E-state index in [0.29, 0.717) is 5.25 Å². The van der Waals surface area contributed by atoms with Gasteiger partial charge in [-0.15, -0.1) is 10.2 Å². The van der Waals surface area contributed by atoms with E-state index in [2.05, 4.69) is 28.9 Å². The Balaban J connectivity index is 1.99. The van der Waals surface area contributed by atoms with E-state index in [4.69, 9.17) is 0 Å². The number of nitrogens with zero attached hydrogens (tertiary/aromatic N) is 3. The van der Waals surface area contributed by atoms with Crippen molar-refractivity contribution in [1.82, 2.24) is 10.2 Å². The predicted octanol–water partition coefficient (Wildman–Crippen LogP) is 3.03. The van der Waals surface area contributed by atoms with Gasteiger partial charge in [-0.2, -0.15) is 0 Å². The van der Waals surface area contributed by atoms with E-state index < -0.39 is 0 Å². The third kappa shape index (κ3) is 3.08. The van der Waals surface area contributed by atoms with Crippen molar-refractivity contribution in [2.45, 2.75) is 42.7 Å². The maximum atomic E-state index is 4.27. The van der Waals surface area contributed by atoms with Gasteiger partial charge >= 0.3 is 0 Å². The van der Waals surface area contributed by atoms with Crippen molar-refractivity contribution in [3.63, 3.8) is 0 Å². The minimum Gasteiger partial charge on any atom is -0.347 e. The average molecular weight is 243 g/mol. The van der Waals surface area contributed by atoms with Gasteiger partial charge in [-0.25, -0.2) is 0 Å². The van der Waals surface area contributed by atoms with Crippen molar-refractivity contribution < 1.29 is 0 Å². The van der Waals surface area contributed by atoms with Crippen LogP contribution in [0.2, 0.25) is 0 Å². The zero-order valence-corrected chi connectivity index (χ0v) is 10.9. The molecule has 2 heterocycles. The molecule has 15 heavy (non-hydrogen) atoms. The summed E-state index contributed by atoms with van der Waals surface area (Å²) in [6.07, 6.45) is 3.96. The molecule has 0 aliphatic carbocycles. The van der Waals surface area contributed by atoms with Crippen LogP contribution in [0, 0.1) is 0 Å². The Hall–Kier alpha value is -0.290. The minimum absolute atomic E-state index is 0.590. The standard InChI is InChI=1S/C10H17N3S2/c1-8(2)14-10-12-11-9(15-10)13-6-4-3-5-7-13/h8H,3-7H2,1-2H3. The summed E-state index contributed by atoms with van der Waals surface area (Å²) >= 11 is 3.54. The first-order valence-corrected chi connectivity index (χ1v) is 7.20. The Bertz CT molecular complexity index is 305.